The van der Waals surface area contributed by atoms with Crippen LogP contribution in [0, 0.1) is 0 Å². The number of nitrogens with one attached hydrogen (secondary N) is 2. The zero-order valence-electron chi connectivity index (χ0n) is 19.3. The Balaban J connectivity index is 1.46. The summed E-state index contributed by atoms with van der Waals surface area (Å²) in [6.07, 6.45) is 9.81. The molecule has 1 aliphatic heterocycles. The Labute approximate surface area is 197 Å². The van der Waals surface area contributed by atoms with Crippen LogP contribution in [0.1, 0.15) is 63.9 Å². The maximum atomic E-state index is 5.65. The van der Waals surface area contributed by atoms with Gasteiger partial charge in [0.05, 0.1) is 7.11 Å². The molecular formula is C25H35N5OS. The molecule has 1 atom stereocenters. The molecule has 0 unspecified atom stereocenters. The van der Waals surface area contributed by atoms with E-state index >= 15 is 0 Å². The molecule has 1 aromatic heterocycles. The second-order valence-electron chi connectivity index (χ2n) is 9.15. The Morgan fingerprint density at radius 2 is 1.91 bits per heavy atom. The minimum absolute atomic E-state index is 0.120. The number of nitrogens with zero attached hydrogens (tertiary/aromatic N) is 3. The maximum Gasteiger partial charge on any atom is 0.234 e. The normalized spacial score (nSPS) is 20.4. The summed E-state index contributed by atoms with van der Waals surface area (Å²) in [6, 6.07) is 13.2. The molecule has 1 aromatic carbocycles. The fourth-order valence-corrected chi connectivity index (χ4v) is 5.31. The molecule has 2 fully saturated rings. The van der Waals surface area contributed by atoms with Crippen LogP contribution in [0.3, 0.4) is 0 Å². The summed E-state index contributed by atoms with van der Waals surface area (Å²) >= 11 is 5.65. The van der Waals surface area contributed by atoms with Crippen LogP contribution in [0.15, 0.2) is 36.4 Å². The van der Waals surface area contributed by atoms with Gasteiger partial charge in [-0.05, 0) is 56.8 Å². The van der Waals surface area contributed by atoms with E-state index in [1.165, 1.54) is 56.9 Å². The van der Waals surface area contributed by atoms with Gasteiger partial charge in [-0.3, -0.25) is 0 Å². The third kappa shape index (κ3) is 5.31. The fraction of sp³-hybridized carbons (Fsp3) is 0.560. The minimum atomic E-state index is 0.120. The quantitative estimate of drug-likeness (QED) is 0.593. The number of thiocarbonyl (C=S) groups is 1. The largest absolute Gasteiger partial charge is 0.481 e. The summed E-state index contributed by atoms with van der Waals surface area (Å²) in [5.41, 5.74) is 1.52. The lowest BCUT2D eigenvalue weighted by Crippen LogP contribution is -2.43. The van der Waals surface area contributed by atoms with E-state index in [1.807, 2.05) is 6.07 Å². The lowest BCUT2D eigenvalue weighted by Gasteiger charge is -2.38. The monoisotopic (exact) mass is 453 g/mol. The molecule has 1 saturated carbocycles. The molecule has 2 heterocycles. The van der Waals surface area contributed by atoms with Crippen LogP contribution < -0.4 is 20.3 Å². The highest BCUT2D eigenvalue weighted by Crippen LogP contribution is 2.39. The average molecular weight is 454 g/mol. The molecule has 2 N–H and O–H groups in total. The van der Waals surface area contributed by atoms with Crippen LogP contribution >= 0.6 is 12.2 Å². The molecule has 2 aromatic rings. The zero-order chi connectivity index (χ0) is 22.4. The minimum Gasteiger partial charge on any atom is -0.481 e. The van der Waals surface area contributed by atoms with Crippen LogP contribution in [0.25, 0.3) is 0 Å². The first-order chi connectivity index (χ1) is 15.6. The lowest BCUT2D eigenvalue weighted by atomic mass is 9.69. The number of rotatable bonds is 6. The molecular weight excluding hydrogens is 418 g/mol. The van der Waals surface area contributed by atoms with Crippen LogP contribution in [-0.2, 0) is 5.41 Å². The predicted molar refractivity (Wildman–Crippen MR) is 135 cm³/mol. The first-order valence-electron chi connectivity index (χ1n) is 11.9. The molecule has 1 saturated heterocycles. The van der Waals surface area contributed by atoms with Gasteiger partial charge in [-0.15, -0.1) is 0 Å². The van der Waals surface area contributed by atoms with Gasteiger partial charge in [0.1, 0.15) is 5.82 Å². The van der Waals surface area contributed by atoms with Crippen molar-refractivity contribution in [2.45, 2.75) is 69.7 Å². The first-order valence-corrected chi connectivity index (χ1v) is 12.3. The molecule has 0 amide bonds. The van der Waals surface area contributed by atoms with Gasteiger partial charge in [-0.1, -0.05) is 49.6 Å². The Morgan fingerprint density at radius 1 is 1.12 bits per heavy atom. The topological polar surface area (TPSA) is 62.3 Å². The van der Waals surface area contributed by atoms with Crippen molar-refractivity contribution in [2.24, 2.45) is 0 Å². The number of hydrogen-bond donors (Lipinski definition) is 2. The van der Waals surface area contributed by atoms with E-state index in [9.17, 15) is 0 Å². The van der Waals surface area contributed by atoms with Gasteiger partial charge in [-0.2, -0.15) is 9.97 Å². The van der Waals surface area contributed by atoms with Crippen LogP contribution in [-0.4, -0.2) is 41.3 Å². The number of piperidine rings is 1. The molecule has 0 spiro atoms. The summed E-state index contributed by atoms with van der Waals surface area (Å²) in [5.74, 6) is 1.92. The standard InChI is InChI=1S/C25H35N5OS/c1-19-11-7-10-16-30(19)21-17-22(31-2)28-23(27-21)29-24(32)26-18-25(14-8-4-9-15-25)20-12-5-3-6-13-20/h3,5-6,12-13,17,19H,4,7-11,14-16,18H2,1-2H3,(H2,26,27,28,29,32)/t19-/m1/s1. The van der Waals surface area contributed by atoms with Gasteiger partial charge >= 0.3 is 0 Å². The molecule has 0 radical (unpaired) electrons. The van der Waals surface area contributed by atoms with Crippen molar-refractivity contribution in [1.82, 2.24) is 15.3 Å². The van der Waals surface area contributed by atoms with Gasteiger partial charge in [-0.25, -0.2) is 0 Å². The Bertz CT molecular complexity index is 900. The summed E-state index contributed by atoms with van der Waals surface area (Å²) in [4.78, 5) is 11.6. The second kappa shape index (κ2) is 10.5. The van der Waals surface area contributed by atoms with Gasteiger partial charge < -0.3 is 20.3 Å². The third-order valence-corrected chi connectivity index (χ3v) is 7.25. The molecule has 1 aliphatic carbocycles. The molecule has 2 aliphatic rings. The number of aromatic nitrogens is 2. The molecule has 172 valence electrons. The summed E-state index contributed by atoms with van der Waals surface area (Å²) < 4.78 is 5.45. The number of benzene rings is 1. The predicted octanol–water partition coefficient (Wildman–Crippen LogP) is 5.05. The van der Waals surface area contributed by atoms with E-state index in [4.69, 9.17) is 21.9 Å². The number of hydrogen-bond acceptors (Lipinski definition) is 5. The smallest absolute Gasteiger partial charge is 0.234 e. The van der Waals surface area contributed by atoms with E-state index in [0.29, 0.717) is 23.0 Å². The average Bonchev–Trinajstić information content (AvgIpc) is 2.84. The van der Waals surface area contributed by atoms with Crippen molar-refractivity contribution in [2.75, 3.05) is 30.4 Å². The number of anilines is 2. The van der Waals surface area contributed by atoms with Crippen molar-refractivity contribution in [1.29, 1.82) is 0 Å². The molecule has 7 heteroatoms. The highest BCUT2D eigenvalue weighted by Gasteiger charge is 2.33. The molecule has 6 nitrogen and oxygen atoms in total. The Hall–Kier alpha value is -2.41. The fourth-order valence-electron chi connectivity index (χ4n) is 5.14. The second-order valence-corrected chi connectivity index (χ2v) is 9.55. The summed E-state index contributed by atoms with van der Waals surface area (Å²) in [5, 5.41) is 7.23. The van der Waals surface area contributed by atoms with Gasteiger partial charge in [0, 0.05) is 30.6 Å². The van der Waals surface area contributed by atoms with Gasteiger partial charge in [0.25, 0.3) is 0 Å². The summed E-state index contributed by atoms with van der Waals surface area (Å²) in [7, 11) is 1.64. The molecule has 32 heavy (non-hydrogen) atoms. The van der Waals surface area contributed by atoms with E-state index in [0.717, 1.165) is 18.9 Å². The van der Waals surface area contributed by atoms with Crippen molar-refractivity contribution < 1.29 is 4.74 Å². The SMILES string of the molecule is COc1cc(N2CCCC[C@H]2C)nc(NC(=S)NCC2(c3ccccc3)CCCCC2)n1. The lowest BCUT2D eigenvalue weighted by molar-refractivity contribution is 0.292. The van der Waals surface area contributed by atoms with Crippen LogP contribution in [0.4, 0.5) is 11.8 Å². The van der Waals surface area contributed by atoms with Crippen LogP contribution in [0.2, 0.25) is 0 Å². The van der Waals surface area contributed by atoms with Crippen LogP contribution in [0.5, 0.6) is 5.88 Å². The Kier molecular flexibility index (Phi) is 7.45. The van der Waals surface area contributed by atoms with Crippen molar-refractivity contribution >= 4 is 29.1 Å². The van der Waals surface area contributed by atoms with Crippen molar-refractivity contribution in [3.8, 4) is 5.88 Å². The van der Waals surface area contributed by atoms with E-state index < -0.39 is 0 Å². The van der Waals surface area contributed by atoms with E-state index in [1.54, 1.807) is 7.11 Å². The summed E-state index contributed by atoms with van der Waals surface area (Å²) in [6.45, 7) is 4.06. The molecule has 4 rings (SSSR count). The van der Waals surface area contributed by atoms with Gasteiger partial charge in [0.15, 0.2) is 5.11 Å². The zero-order valence-corrected chi connectivity index (χ0v) is 20.1. The van der Waals surface area contributed by atoms with E-state index in [-0.39, 0.29) is 5.41 Å². The third-order valence-electron chi connectivity index (χ3n) is 7.00. The van der Waals surface area contributed by atoms with Crippen molar-refractivity contribution in [3.05, 3.63) is 42.0 Å². The highest BCUT2D eigenvalue weighted by atomic mass is 32.1. The number of methoxy groups -OCH3 is 1. The Morgan fingerprint density at radius 3 is 2.62 bits per heavy atom. The highest BCUT2D eigenvalue weighted by molar-refractivity contribution is 7.80. The van der Waals surface area contributed by atoms with Gasteiger partial charge in [0.2, 0.25) is 11.8 Å². The van der Waals surface area contributed by atoms with E-state index in [2.05, 4.69) is 57.8 Å². The maximum absolute atomic E-state index is 5.65. The molecule has 0 bridgehead atoms. The number of ether oxygens (including phenoxy) is 1. The first kappa shape index (κ1) is 22.8. The van der Waals surface area contributed by atoms with Crippen molar-refractivity contribution in [3.63, 3.8) is 0 Å².